The van der Waals surface area contributed by atoms with Gasteiger partial charge >= 0.3 is 7.12 Å². The lowest BCUT2D eigenvalue weighted by Crippen LogP contribution is -2.47. The molecule has 10 rings (SSSR count). The second kappa shape index (κ2) is 14.3. The van der Waals surface area contributed by atoms with E-state index in [1.54, 1.807) is 0 Å². The Bertz CT molecular complexity index is 3630. The van der Waals surface area contributed by atoms with Crippen molar-refractivity contribution in [2.24, 2.45) is 0 Å². The quantitative estimate of drug-likeness (QED) is 0.0544. The van der Waals surface area contributed by atoms with Crippen LogP contribution in [0.5, 0.6) is 11.5 Å². The molecule has 2 nitrogen and oxygen atoms in total. The molecule has 22 heteroatoms. The average Bonchev–Trinajstić information content (AvgIpc) is 3.29. The van der Waals surface area contributed by atoms with Gasteiger partial charge in [0.15, 0.2) is 93.1 Å². The summed E-state index contributed by atoms with van der Waals surface area (Å²) in [4.78, 5) is 0. The summed E-state index contributed by atoms with van der Waals surface area (Å²) >= 11 is 0. The fourth-order valence-electron chi connectivity index (χ4n) is 8.36. The highest BCUT2D eigenvalue weighted by atomic mass is 19.2. The molecule has 0 amide bonds. The molecule has 0 atom stereocenters. The smallest absolute Gasteiger partial charge is 0.519 e. The van der Waals surface area contributed by atoms with Crippen LogP contribution < -0.4 is 14.8 Å². The molecule has 0 saturated carbocycles. The van der Waals surface area contributed by atoms with E-state index >= 15 is 70.2 Å². The van der Waals surface area contributed by atoms with Gasteiger partial charge in [-0.1, -0.05) is 24.3 Å². The maximum Gasteiger partial charge on any atom is 0.636 e. The van der Waals surface area contributed by atoms with Crippen molar-refractivity contribution in [1.82, 2.24) is 0 Å². The van der Waals surface area contributed by atoms with Gasteiger partial charge in [-0.05, 0) is 35.0 Å². The third kappa shape index (κ3) is 5.37. The van der Waals surface area contributed by atoms with Crippen LogP contribution in [-0.2, 0) is 0 Å². The summed E-state index contributed by atoms with van der Waals surface area (Å²) in [5, 5.41) is -11.6. The molecule has 0 spiro atoms. The van der Waals surface area contributed by atoms with Crippen LogP contribution in [0.25, 0.3) is 75.8 Å². The van der Waals surface area contributed by atoms with E-state index in [0.717, 1.165) is 24.3 Å². The Hall–Kier alpha value is -7.39. The van der Waals surface area contributed by atoms with Gasteiger partial charge < -0.3 is 9.31 Å². The molecule has 10 aromatic rings. The fraction of sp³-hybridized carbons (Fsp3) is 0. The van der Waals surface area contributed by atoms with Crippen LogP contribution >= 0.6 is 0 Å². The third-order valence-corrected chi connectivity index (χ3v) is 11.2. The monoisotopic (exact) mass is 940 g/mol. The van der Waals surface area contributed by atoms with Crippen molar-refractivity contribution in [2.45, 2.75) is 0 Å². The highest BCUT2D eigenvalue weighted by molar-refractivity contribution is 6.65. The van der Waals surface area contributed by atoms with E-state index in [4.69, 9.17) is 9.31 Å². The van der Waals surface area contributed by atoms with Crippen molar-refractivity contribution < 1.29 is 92.7 Å². The minimum Gasteiger partial charge on any atom is -0.519 e. The van der Waals surface area contributed by atoms with Crippen molar-refractivity contribution in [3.63, 3.8) is 0 Å². The number of hydrogen-bond donors (Lipinski definition) is 0. The van der Waals surface area contributed by atoms with Gasteiger partial charge in [0, 0.05) is 37.9 Å². The van der Waals surface area contributed by atoms with Gasteiger partial charge in [0.1, 0.15) is 23.1 Å². The van der Waals surface area contributed by atoms with Crippen LogP contribution in [0.3, 0.4) is 0 Å². The molecule has 0 aromatic heterocycles. The zero-order valence-electron chi connectivity index (χ0n) is 31.2. The maximum atomic E-state index is 16.5. The Morgan fingerprint density at radius 2 is 0.576 bits per heavy atom. The summed E-state index contributed by atoms with van der Waals surface area (Å²) in [6.07, 6.45) is 0. The Balaban J connectivity index is 1.36. The largest absolute Gasteiger partial charge is 0.636 e. The number of halogens is 19. The molecule has 0 radical (unpaired) electrons. The molecule has 0 saturated heterocycles. The number of rotatable bonds is 6. The first-order valence-electron chi connectivity index (χ1n) is 18.2. The molecule has 0 aliphatic heterocycles. The van der Waals surface area contributed by atoms with Crippen molar-refractivity contribution in [1.29, 1.82) is 0 Å². The minimum atomic E-state index is -3.80. The van der Waals surface area contributed by atoms with Crippen molar-refractivity contribution >= 4 is 77.2 Å². The second-order valence-corrected chi connectivity index (χ2v) is 14.5. The molecule has 0 N–H and O–H groups in total. The molecule has 0 fully saturated rings. The average molecular weight is 940 g/mol. The zero-order valence-corrected chi connectivity index (χ0v) is 31.2. The van der Waals surface area contributed by atoms with Gasteiger partial charge in [-0.25, -0.2) is 74.6 Å². The van der Waals surface area contributed by atoms with E-state index in [2.05, 4.69) is 0 Å². The molecular formula is C44H8BF19O2. The first-order chi connectivity index (χ1) is 31.2. The molecule has 0 aliphatic carbocycles. The summed E-state index contributed by atoms with van der Waals surface area (Å²) in [5.74, 6) is -52.5. The second-order valence-electron chi connectivity index (χ2n) is 14.5. The van der Waals surface area contributed by atoms with E-state index in [-0.39, 0.29) is 10.8 Å². The van der Waals surface area contributed by atoms with Crippen LogP contribution in [0.4, 0.5) is 83.4 Å². The Kier molecular flexibility index (Phi) is 9.23. The summed E-state index contributed by atoms with van der Waals surface area (Å²) in [6, 6.07) is 6.27. The normalized spacial score (nSPS) is 12.2. The standard InChI is InChI=1S/C44H8BF19O2/c46-13-7-3-9-1-5-11-17-15(9)19(13)26(48)29(51)22(17)33(55)41(63)43(11)65-45(25-21(28(50)36(58)39(61)35(25)57)24-31(53)37(59)40(62)38(60)32(24)54)66-44-12-6-2-10-4-8-14(47)20-16(10)18(12)23(30(52)27(20)49)34(56)42(44)64/h1-8H. The van der Waals surface area contributed by atoms with Crippen molar-refractivity contribution in [3.8, 4) is 22.6 Å². The molecule has 0 bridgehead atoms. The topological polar surface area (TPSA) is 18.5 Å². The third-order valence-electron chi connectivity index (χ3n) is 11.2. The molecule has 0 heterocycles. The van der Waals surface area contributed by atoms with Crippen molar-refractivity contribution in [3.05, 3.63) is 159 Å². The van der Waals surface area contributed by atoms with Gasteiger partial charge in [-0.15, -0.1) is 0 Å². The van der Waals surface area contributed by atoms with Crippen LogP contribution in [0.1, 0.15) is 0 Å². The van der Waals surface area contributed by atoms with Gasteiger partial charge in [0.2, 0.25) is 5.82 Å². The summed E-state index contributed by atoms with van der Waals surface area (Å²) in [6.45, 7) is 0. The van der Waals surface area contributed by atoms with Crippen LogP contribution in [0, 0.1) is 111 Å². The zero-order chi connectivity index (χ0) is 47.4. The van der Waals surface area contributed by atoms with Gasteiger partial charge in [0.25, 0.3) is 0 Å². The molecule has 10 aromatic carbocycles. The summed E-state index contributed by atoms with van der Waals surface area (Å²) in [7, 11) is -3.80. The molecule has 66 heavy (non-hydrogen) atoms. The minimum absolute atomic E-state index is 0.235. The predicted molar refractivity (Wildman–Crippen MR) is 198 cm³/mol. The van der Waals surface area contributed by atoms with Crippen LogP contribution in [0.2, 0.25) is 0 Å². The predicted octanol–water partition coefficient (Wildman–Crippen LogP) is 13.6. The van der Waals surface area contributed by atoms with E-state index < -0.39 is 200 Å². The summed E-state index contributed by atoms with van der Waals surface area (Å²) in [5.41, 5.74) is -7.69. The van der Waals surface area contributed by atoms with Gasteiger partial charge in [0.05, 0.1) is 32.6 Å². The SMILES string of the molecule is Fc1c(F)c(F)c(-c2c(F)c(F)c(F)c(F)c2B(Oc2c(F)c(F)c3c(F)c(F)c4c(F)ccc5ccc2c3c54)Oc2c(F)c(F)c3c(F)c(F)c4c(F)ccc5ccc2c3c54)c(F)c1F. The first-order valence-corrected chi connectivity index (χ1v) is 18.2. The van der Waals surface area contributed by atoms with Gasteiger partial charge in [-0.3, -0.25) is 0 Å². The molecule has 0 aliphatic rings. The van der Waals surface area contributed by atoms with Crippen molar-refractivity contribution in [2.75, 3.05) is 0 Å². The molecular weight excluding hydrogens is 932 g/mol. The maximum absolute atomic E-state index is 16.5. The Morgan fingerprint density at radius 3 is 0.985 bits per heavy atom. The Labute approximate surface area is 351 Å². The number of hydrogen-bond acceptors (Lipinski definition) is 2. The van der Waals surface area contributed by atoms with Crippen LogP contribution in [0.15, 0.2) is 48.5 Å². The Morgan fingerprint density at radius 1 is 0.258 bits per heavy atom. The van der Waals surface area contributed by atoms with Gasteiger partial charge in [-0.2, -0.15) is 8.78 Å². The molecule has 332 valence electrons. The summed E-state index contributed by atoms with van der Waals surface area (Å²) < 4.78 is 306. The highest BCUT2D eigenvalue weighted by Gasteiger charge is 2.45. The lowest BCUT2D eigenvalue weighted by Gasteiger charge is -2.25. The van der Waals surface area contributed by atoms with E-state index in [1.807, 2.05) is 0 Å². The van der Waals surface area contributed by atoms with E-state index in [1.165, 1.54) is 0 Å². The highest BCUT2D eigenvalue weighted by Crippen LogP contribution is 2.48. The lowest BCUT2D eigenvalue weighted by molar-refractivity contribution is 0.377. The lowest BCUT2D eigenvalue weighted by atomic mass is 9.72. The van der Waals surface area contributed by atoms with E-state index in [9.17, 15) is 13.2 Å². The van der Waals surface area contributed by atoms with Crippen LogP contribution in [-0.4, -0.2) is 7.12 Å². The number of benzene rings is 10. The first kappa shape index (κ1) is 42.6. The fourth-order valence-corrected chi connectivity index (χ4v) is 8.36. The molecule has 0 unspecified atom stereocenters. The van der Waals surface area contributed by atoms with E-state index in [0.29, 0.717) is 24.3 Å².